The van der Waals surface area contributed by atoms with Crippen molar-refractivity contribution in [3.63, 3.8) is 0 Å². The van der Waals surface area contributed by atoms with Crippen molar-refractivity contribution in [1.82, 2.24) is 4.98 Å². The molecule has 3 atom stereocenters. The SMILES string of the molecule is C[C@@H](N)c1cccnc1N1CC2CCC1C2. The number of nitrogens with zero attached hydrogens (tertiary/aromatic N) is 2. The first-order valence-electron chi connectivity index (χ1n) is 6.23. The standard InChI is InChI=1S/C13H19N3/c1-9(14)12-3-2-6-15-13(12)16-8-10-4-5-11(16)7-10/h2-3,6,9-11H,4-5,7-8,14H2,1H3/t9-,10?,11?/m1/s1. The summed E-state index contributed by atoms with van der Waals surface area (Å²) in [6.45, 7) is 3.22. The third-order valence-corrected chi connectivity index (χ3v) is 3.99. The van der Waals surface area contributed by atoms with Crippen LogP contribution in [0, 0.1) is 5.92 Å². The van der Waals surface area contributed by atoms with Gasteiger partial charge in [-0.05, 0) is 38.2 Å². The highest BCUT2D eigenvalue weighted by atomic mass is 15.2. The van der Waals surface area contributed by atoms with Crippen molar-refractivity contribution < 1.29 is 0 Å². The van der Waals surface area contributed by atoms with E-state index in [0.29, 0.717) is 0 Å². The van der Waals surface area contributed by atoms with Crippen LogP contribution in [0.15, 0.2) is 18.3 Å². The van der Waals surface area contributed by atoms with Crippen LogP contribution >= 0.6 is 0 Å². The summed E-state index contributed by atoms with van der Waals surface area (Å²) >= 11 is 0. The van der Waals surface area contributed by atoms with Gasteiger partial charge in [-0.3, -0.25) is 0 Å². The van der Waals surface area contributed by atoms with Gasteiger partial charge in [0.15, 0.2) is 0 Å². The van der Waals surface area contributed by atoms with E-state index < -0.39 is 0 Å². The molecule has 86 valence electrons. The first-order valence-corrected chi connectivity index (χ1v) is 6.23. The summed E-state index contributed by atoms with van der Waals surface area (Å²) in [4.78, 5) is 7.03. The van der Waals surface area contributed by atoms with E-state index in [4.69, 9.17) is 5.73 Å². The Labute approximate surface area is 96.7 Å². The minimum atomic E-state index is 0.0721. The first kappa shape index (κ1) is 10.1. The second-order valence-corrected chi connectivity index (χ2v) is 5.19. The molecule has 2 fully saturated rings. The molecule has 2 aliphatic rings. The zero-order valence-corrected chi connectivity index (χ0v) is 9.76. The maximum atomic E-state index is 6.01. The van der Waals surface area contributed by atoms with E-state index in [2.05, 4.69) is 16.0 Å². The molecule has 2 bridgehead atoms. The van der Waals surface area contributed by atoms with E-state index in [9.17, 15) is 0 Å². The number of hydrogen-bond acceptors (Lipinski definition) is 3. The van der Waals surface area contributed by atoms with E-state index in [1.807, 2.05) is 19.2 Å². The average molecular weight is 217 g/mol. The maximum Gasteiger partial charge on any atom is 0.133 e. The van der Waals surface area contributed by atoms with E-state index in [1.54, 1.807) is 0 Å². The second kappa shape index (κ2) is 3.74. The Morgan fingerprint density at radius 1 is 1.50 bits per heavy atom. The molecule has 1 aliphatic heterocycles. The van der Waals surface area contributed by atoms with Crippen LogP contribution in [0.4, 0.5) is 5.82 Å². The molecule has 2 N–H and O–H groups in total. The summed E-state index contributed by atoms with van der Waals surface area (Å²) < 4.78 is 0. The lowest BCUT2D eigenvalue weighted by atomic mass is 10.1. The third kappa shape index (κ3) is 1.50. The highest BCUT2D eigenvalue weighted by Crippen LogP contribution is 2.40. The van der Waals surface area contributed by atoms with Gasteiger partial charge in [0.2, 0.25) is 0 Å². The van der Waals surface area contributed by atoms with Gasteiger partial charge in [-0.2, -0.15) is 0 Å². The normalized spacial score (nSPS) is 29.8. The molecule has 16 heavy (non-hydrogen) atoms. The lowest BCUT2D eigenvalue weighted by molar-refractivity contribution is 0.548. The van der Waals surface area contributed by atoms with Crippen molar-refractivity contribution in [3.8, 4) is 0 Å². The van der Waals surface area contributed by atoms with Crippen LogP contribution in [0.25, 0.3) is 0 Å². The summed E-state index contributed by atoms with van der Waals surface area (Å²) in [7, 11) is 0. The van der Waals surface area contributed by atoms with Gasteiger partial charge >= 0.3 is 0 Å². The second-order valence-electron chi connectivity index (χ2n) is 5.19. The Bertz CT molecular complexity index is 389. The molecule has 3 nitrogen and oxygen atoms in total. The third-order valence-electron chi connectivity index (χ3n) is 3.99. The fourth-order valence-electron chi connectivity index (χ4n) is 3.19. The van der Waals surface area contributed by atoms with Gasteiger partial charge in [-0.1, -0.05) is 6.07 Å². The highest BCUT2D eigenvalue weighted by molar-refractivity contribution is 5.50. The zero-order chi connectivity index (χ0) is 11.1. The minimum absolute atomic E-state index is 0.0721. The number of pyridine rings is 1. The molecule has 1 aromatic rings. The monoisotopic (exact) mass is 217 g/mol. The highest BCUT2D eigenvalue weighted by Gasteiger charge is 2.39. The van der Waals surface area contributed by atoms with Crippen molar-refractivity contribution in [2.75, 3.05) is 11.4 Å². The lowest BCUT2D eigenvalue weighted by Crippen LogP contribution is -2.34. The molecular weight excluding hydrogens is 198 g/mol. The molecule has 0 aromatic carbocycles. The molecule has 1 saturated heterocycles. The van der Waals surface area contributed by atoms with Crippen LogP contribution in [0.3, 0.4) is 0 Å². The number of rotatable bonds is 2. The topological polar surface area (TPSA) is 42.1 Å². The van der Waals surface area contributed by atoms with Crippen molar-refractivity contribution >= 4 is 5.82 Å². The van der Waals surface area contributed by atoms with E-state index in [0.717, 1.165) is 17.8 Å². The van der Waals surface area contributed by atoms with Gasteiger partial charge in [0.05, 0.1) is 0 Å². The van der Waals surface area contributed by atoms with Gasteiger partial charge in [0.25, 0.3) is 0 Å². The summed E-state index contributed by atoms with van der Waals surface area (Å²) in [5, 5.41) is 0. The van der Waals surface area contributed by atoms with Gasteiger partial charge in [0.1, 0.15) is 5.82 Å². The molecule has 2 heterocycles. The number of anilines is 1. The molecule has 1 aromatic heterocycles. The Morgan fingerprint density at radius 2 is 2.38 bits per heavy atom. The molecule has 0 spiro atoms. The first-order chi connectivity index (χ1) is 7.75. The maximum absolute atomic E-state index is 6.01. The molecular formula is C13H19N3. The molecule has 3 heteroatoms. The molecule has 0 radical (unpaired) electrons. The van der Waals surface area contributed by atoms with E-state index in [-0.39, 0.29) is 6.04 Å². The van der Waals surface area contributed by atoms with Crippen LogP contribution in [-0.2, 0) is 0 Å². The zero-order valence-electron chi connectivity index (χ0n) is 9.76. The molecule has 1 aliphatic carbocycles. The minimum Gasteiger partial charge on any atom is -0.353 e. The fourth-order valence-corrected chi connectivity index (χ4v) is 3.19. The van der Waals surface area contributed by atoms with Crippen molar-refractivity contribution in [1.29, 1.82) is 0 Å². The largest absolute Gasteiger partial charge is 0.353 e. The molecule has 0 amide bonds. The van der Waals surface area contributed by atoms with Gasteiger partial charge in [-0.15, -0.1) is 0 Å². The Kier molecular flexibility index (Phi) is 2.36. The molecule has 3 rings (SSSR count). The summed E-state index contributed by atoms with van der Waals surface area (Å²) in [5.41, 5.74) is 7.20. The van der Waals surface area contributed by atoms with Crippen LogP contribution in [0.1, 0.15) is 37.8 Å². The Morgan fingerprint density at radius 3 is 3.00 bits per heavy atom. The van der Waals surface area contributed by atoms with Crippen LogP contribution in [-0.4, -0.2) is 17.6 Å². The summed E-state index contributed by atoms with van der Waals surface area (Å²) in [5.74, 6) is 2.03. The number of aromatic nitrogens is 1. The quantitative estimate of drug-likeness (QED) is 0.824. The number of nitrogens with two attached hydrogens (primary N) is 1. The Hall–Kier alpha value is -1.09. The molecule has 2 unspecified atom stereocenters. The van der Waals surface area contributed by atoms with Gasteiger partial charge in [-0.25, -0.2) is 4.98 Å². The predicted octanol–water partition coefficient (Wildman–Crippen LogP) is 2.09. The predicted molar refractivity (Wildman–Crippen MR) is 65.3 cm³/mol. The molecule has 1 saturated carbocycles. The van der Waals surface area contributed by atoms with Crippen molar-refractivity contribution in [2.24, 2.45) is 11.7 Å². The van der Waals surface area contributed by atoms with E-state index >= 15 is 0 Å². The van der Waals surface area contributed by atoms with Crippen molar-refractivity contribution in [3.05, 3.63) is 23.9 Å². The van der Waals surface area contributed by atoms with Gasteiger partial charge < -0.3 is 10.6 Å². The average Bonchev–Trinajstić information content (AvgIpc) is 2.90. The van der Waals surface area contributed by atoms with Crippen LogP contribution in [0.2, 0.25) is 0 Å². The van der Waals surface area contributed by atoms with Gasteiger partial charge in [0, 0.05) is 30.4 Å². The summed E-state index contributed by atoms with van der Waals surface area (Å²) in [6, 6.07) is 4.88. The van der Waals surface area contributed by atoms with Crippen LogP contribution < -0.4 is 10.6 Å². The van der Waals surface area contributed by atoms with Crippen LogP contribution in [0.5, 0.6) is 0 Å². The number of fused-ring (bicyclic) bond motifs is 2. The number of piperidine rings is 1. The lowest BCUT2D eigenvalue weighted by Gasteiger charge is -2.30. The fraction of sp³-hybridized carbons (Fsp3) is 0.615. The van der Waals surface area contributed by atoms with Crippen molar-refractivity contribution in [2.45, 2.75) is 38.3 Å². The van der Waals surface area contributed by atoms with E-state index in [1.165, 1.54) is 31.4 Å². The summed E-state index contributed by atoms with van der Waals surface area (Å²) in [6.07, 6.45) is 5.98. The smallest absolute Gasteiger partial charge is 0.133 e. The Balaban J connectivity index is 1.94. The number of hydrogen-bond donors (Lipinski definition) is 1.